The molecule has 4 aliphatic heterocycles. The van der Waals surface area contributed by atoms with Gasteiger partial charge < -0.3 is 15.5 Å². The molecule has 4 aliphatic rings. The van der Waals surface area contributed by atoms with Crippen LogP contribution >= 0.6 is 0 Å². The fourth-order valence-corrected chi connectivity index (χ4v) is 8.53. The van der Waals surface area contributed by atoms with Gasteiger partial charge >= 0.3 is 0 Å². The van der Waals surface area contributed by atoms with Crippen LogP contribution in [0.15, 0.2) is 60.8 Å². The molecule has 14 heteroatoms. The number of nitrogens with zero attached hydrogens (tertiary/aromatic N) is 7. The number of benzene rings is 3. The van der Waals surface area contributed by atoms with Gasteiger partial charge in [-0.15, -0.1) is 0 Å². The zero-order valence-corrected chi connectivity index (χ0v) is 31.1. The first-order valence-electron chi connectivity index (χ1n) is 18.8. The van der Waals surface area contributed by atoms with Gasteiger partial charge in [-0.25, -0.2) is 9.67 Å². The van der Waals surface area contributed by atoms with Crippen molar-refractivity contribution in [3.05, 3.63) is 94.2 Å². The Morgan fingerprint density at radius 2 is 1.69 bits per heavy atom. The van der Waals surface area contributed by atoms with Crippen molar-refractivity contribution in [2.24, 2.45) is 13.0 Å². The molecule has 0 saturated carbocycles. The third-order valence-corrected chi connectivity index (χ3v) is 11.4. The zero-order valence-electron chi connectivity index (χ0n) is 31.1. The molecule has 14 nitrogen and oxygen atoms in total. The van der Waals surface area contributed by atoms with E-state index < -0.39 is 23.8 Å². The van der Waals surface area contributed by atoms with Gasteiger partial charge in [0.15, 0.2) is 11.5 Å². The van der Waals surface area contributed by atoms with Crippen LogP contribution in [0.5, 0.6) is 0 Å². The molecule has 2 saturated heterocycles. The smallest absolute Gasteiger partial charge is 0.262 e. The molecule has 0 spiro atoms. The second-order valence-corrected chi connectivity index (χ2v) is 15.2. The average molecular weight is 739 g/mol. The molecule has 3 aromatic carbocycles. The topological polar surface area (TPSA) is 158 Å². The van der Waals surface area contributed by atoms with Crippen LogP contribution in [0.2, 0.25) is 0 Å². The van der Waals surface area contributed by atoms with Crippen molar-refractivity contribution in [3.8, 4) is 0 Å². The minimum Gasteiger partial charge on any atom is -0.371 e. The summed E-state index contributed by atoms with van der Waals surface area (Å²) in [6, 6.07) is 17.1. The lowest BCUT2D eigenvalue weighted by molar-refractivity contribution is -0.136. The molecule has 1 unspecified atom stereocenters. The fraction of sp³-hybridized carbons (Fsp3) is 0.341. The van der Waals surface area contributed by atoms with Gasteiger partial charge in [0.2, 0.25) is 17.8 Å². The number of anilines is 5. The van der Waals surface area contributed by atoms with E-state index in [2.05, 4.69) is 74.9 Å². The van der Waals surface area contributed by atoms with Crippen molar-refractivity contribution >= 4 is 63.5 Å². The van der Waals surface area contributed by atoms with Crippen LogP contribution in [-0.2, 0) is 29.6 Å². The summed E-state index contributed by atoms with van der Waals surface area (Å²) in [5.74, 6) is -0.243. The normalized spacial score (nSPS) is 19.9. The monoisotopic (exact) mass is 738 g/mol. The second kappa shape index (κ2) is 13.6. The summed E-state index contributed by atoms with van der Waals surface area (Å²) >= 11 is 0. The van der Waals surface area contributed by atoms with E-state index in [1.54, 1.807) is 16.8 Å². The molecule has 0 radical (unpaired) electrons. The number of piperidine rings is 1. The van der Waals surface area contributed by atoms with Gasteiger partial charge in [0.25, 0.3) is 11.8 Å². The predicted molar refractivity (Wildman–Crippen MR) is 208 cm³/mol. The number of para-hydroxylation sites is 1. The fourth-order valence-electron chi connectivity index (χ4n) is 8.53. The summed E-state index contributed by atoms with van der Waals surface area (Å²) in [6.07, 6.45) is 4.03. The summed E-state index contributed by atoms with van der Waals surface area (Å²) in [7, 11) is 1.89. The molecule has 4 amide bonds. The van der Waals surface area contributed by atoms with Crippen LogP contribution in [-0.4, -0.2) is 85.4 Å². The van der Waals surface area contributed by atoms with Crippen molar-refractivity contribution in [2.45, 2.75) is 52.1 Å². The number of hydrogen-bond acceptors (Lipinski definition) is 11. The summed E-state index contributed by atoms with van der Waals surface area (Å²) in [5, 5.41) is 14.7. The van der Waals surface area contributed by atoms with E-state index in [0.29, 0.717) is 23.0 Å². The quantitative estimate of drug-likeness (QED) is 0.189. The van der Waals surface area contributed by atoms with Crippen LogP contribution < -0.4 is 20.9 Å². The molecule has 6 heterocycles. The third kappa shape index (κ3) is 6.35. The van der Waals surface area contributed by atoms with Crippen molar-refractivity contribution in [1.82, 2.24) is 34.9 Å². The first kappa shape index (κ1) is 34.6. The summed E-state index contributed by atoms with van der Waals surface area (Å²) in [6.45, 7) is 8.69. The number of hydrogen-bond donors (Lipinski definition) is 3. The molecule has 3 N–H and O–H groups in total. The molecular weight excluding hydrogens is 697 g/mol. The Kier molecular flexibility index (Phi) is 8.56. The summed E-state index contributed by atoms with van der Waals surface area (Å²) in [5.41, 5.74) is 9.18. The number of nitrogens with one attached hydrogen (secondary N) is 3. The maximum Gasteiger partial charge on any atom is 0.262 e. The van der Waals surface area contributed by atoms with Crippen molar-refractivity contribution in [3.63, 3.8) is 0 Å². The first-order valence-corrected chi connectivity index (χ1v) is 18.8. The highest BCUT2D eigenvalue weighted by atomic mass is 16.2. The van der Waals surface area contributed by atoms with Crippen LogP contribution in [0.4, 0.5) is 28.8 Å². The molecule has 55 heavy (non-hydrogen) atoms. The Morgan fingerprint density at radius 3 is 2.51 bits per heavy atom. The molecule has 2 aromatic heterocycles. The van der Waals surface area contributed by atoms with E-state index >= 15 is 0 Å². The minimum atomic E-state index is -0.968. The molecular formula is C41H42N10O4. The van der Waals surface area contributed by atoms with E-state index in [0.717, 1.165) is 95.5 Å². The number of carbonyl (C=O) groups excluding carboxylic acids is 4. The lowest BCUT2D eigenvalue weighted by Crippen LogP contribution is -2.54. The first-order chi connectivity index (χ1) is 26.6. The van der Waals surface area contributed by atoms with Gasteiger partial charge in [-0.2, -0.15) is 10.1 Å². The van der Waals surface area contributed by atoms with Crippen LogP contribution in [0, 0.1) is 19.8 Å². The van der Waals surface area contributed by atoms with E-state index in [1.807, 2.05) is 25.4 Å². The number of rotatable bonds is 8. The maximum atomic E-state index is 13.4. The SMILES string of the molecule is Cc1cccc(C)c1Nc1nn(C)c2nc(Nc3ccc4c(c3)CCN(C[C@H]3CCN(c5ccc6c(c5)C(=O)N(C5CCC(=O)NC5=O)C6=O)C3)C4)ncc12. The van der Waals surface area contributed by atoms with Crippen LogP contribution in [0.25, 0.3) is 11.0 Å². The number of aryl methyl sites for hydroxylation is 3. The molecule has 0 bridgehead atoms. The molecule has 5 aromatic rings. The lowest BCUT2D eigenvalue weighted by atomic mass is 9.97. The standard InChI is InChI=1S/C41H42N10O4/c1-23-5-4-6-24(2)35(23)45-36-32-19-42-41(46-37(32)48(3)47-36)43-28-8-7-27-22-49(15-14-26(27)17-28)20-25-13-16-50(21-25)29-9-10-30-31(18-29)40(55)51(39(30)54)33-11-12-34(52)44-38(33)53/h4-10,17-19,25,33H,11-16,20-22H2,1-3H3,(H,45,47)(H,42,43,46)(H,44,52,53)/t25-,33?/m1/s1. The molecule has 2 atom stereocenters. The van der Waals surface area contributed by atoms with Gasteiger partial charge in [-0.3, -0.25) is 34.3 Å². The highest BCUT2D eigenvalue weighted by Gasteiger charge is 2.45. The van der Waals surface area contributed by atoms with Gasteiger partial charge in [0.05, 0.1) is 16.5 Å². The number of imide groups is 2. The average Bonchev–Trinajstić information content (AvgIpc) is 3.83. The van der Waals surface area contributed by atoms with Gasteiger partial charge in [0.1, 0.15) is 6.04 Å². The number of aromatic nitrogens is 4. The molecule has 0 aliphatic carbocycles. The molecule has 2 fully saturated rings. The van der Waals surface area contributed by atoms with E-state index in [4.69, 9.17) is 10.1 Å². The van der Waals surface area contributed by atoms with Gasteiger partial charge in [-0.1, -0.05) is 24.3 Å². The van der Waals surface area contributed by atoms with Crippen LogP contribution in [0.3, 0.4) is 0 Å². The highest BCUT2D eigenvalue weighted by molar-refractivity contribution is 6.23. The zero-order chi connectivity index (χ0) is 38.0. The molecule has 280 valence electrons. The summed E-state index contributed by atoms with van der Waals surface area (Å²) in [4.78, 5) is 65.9. The Balaban J connectivity index is 0.815. The third-order valence-electron chi connectivity index (χ3n) is 11.4. The highest BCUT2D eigenvalue weighted by Crippen LogP contribution is 2.34. The van der Waals surface area contributed by atoms with E-state index in [-0.39, 0.29) is 18.7 Å². The number of fused-ring (bicyclic) bond motifs is 3. The number of amides is 4. The largest absolute Gasteiger partial charge is 0.371 e. The maximum absolute atomic E-state index is 13.4. The Hall–Kier alpha value is -6.15. The van der Waals surface area contributed by atoms with Crippen LogP contribution in [0.1, 0.15) is 62.2 Å². The Morgan fingerprint density at radius 1 is 0.873 bits per heavy atom. The number of carbonyl (C=O) groups is 4. The summed E-state index contributed by atoms with van der Waals surface area (Å²) < 4.78 is 1.77. The van der Waals surface area contributed by atoms with Crippen molar-refractivity contribution < 1.29 is 19.2 Å². The minimum absolute atomic E-state index is 0.0971. The molecule has 9 rings (SSSR count). The van der Waals surface area contributed by atoms with Gasteiger partial charge in [0, 0.05) is 69.5 Å². The van der Waals surface area contributed by atoms with Crippen molar-refractivity contribution in [2.75, 3.05) is 41.7 Å². The van der Waals surface area contributed by atoms with E-state index in [9.17, 15) is 19.2 Å². The lowest BCUT2D eigenvalue weighted by Gasteiger charge is -2.31. The predicted octanol–water partition coefficient (Wildman–Crippen LogP) is 4.75. The van der Waals surface area contributed by atoms with E-state index in [1.165, 1.54) is 11.1 Å². The Bertz CT molecular complexity index is 2400. The Labute approximate surface area is 317 Å². The van der Waals surface area contributed by atoms with Gasteiger partial charge in [-0.05, 0) is 91.6 Å². The van der Waals surface area contributed by atoms with Crippen molar-refractivity contribution in [1.29, 1.82) is 0 Å². The second-order valence-electron chi connectivity index (χ2n) is 15.2.